The summed E-state index contributed by atoms with van der Waals surface area (Å²) in [5, 5.41) is 2.53. The smallest absolute Gasteiger partial charge is 0.231 e. The Kier molecular flexibility index (Phi) is 2.24. The molecular formula is C16H13NO2. The third kappa shape index (κ3) is 1.74. The zero-order valence-corrected chi connectivity index (χ0v) is 10.3. The van der Waals surface area contributed by atoms with Crippen LogP contribution in [0.2, 0.25) is 0 Å². The highest BCUT2D eigenvalue weighted by atomic mass is 16.7. The van der Waals surface area contributed by atoms with Gasteiger partial charge in [-0.15, -0.1) is 0 Å². The molecule has 0 spiro atoms. The molecule has 19 heavy (non-hydrogen) atoms. The maximum atomic E-state index is 5.41. The van der Waals surface area contributed by atoms with E-state index in [9.17, 15) is 0 Å². The summed E-state index contributed by atoms with van der Waals surface area (Å²) in [5.41, 5.74) is 2.45. The lowest BCUT2D eigenvalue weighted by Gasteiger charge is -2.02. The fourth-order valence-electron chi connectivity index (χ4n) is 2.54. The van der Waals surface area contributed by atoms with Crippen LogP contribution in [0, 0.1) is 0 Å². The predicted octanol–water partition coefficient (Wildman–Crippen LogP) is 3.49. The topological polar surface area (TPSA) is 34.2 Å². The molecule has 0 bridgehead atoms. The maximum absolute atomic E-state index is 5.41. The van der Waals surface area contributed by atoms with Gasteiger partial charge in [0, 0.05) is 23.7 Å². The Bertz CT molecular complexity index is 745. The first-order valence-corrected chi connectivity index (χ1v) is 6.34. The van der Waals surface area contributed by atoms with Gasteiger partial charge >= 0.3 is 0 Å². The van der Waals surface area contributed by atoms with Crippen molar-refractivity contribution in [2.24, 2.45) is 0 Å². The Morgan fingerprint density at radius 2 is 1.89 bits per heavy atom. The molecule has 0 fully saturated rings. The van der Waals surface area contributed by atoms with Crippen molar-refractivity contribution in [3.05, 3.63) is 59.9 Å². The fourth-order valence-corrected chi connectivity index (χ4v) is 2.54. The van der Waals surface area contributed by atoms with Gasteiger partial charge in [0.15, 0.2) is 11.5 Å². The van der Waals surface area contributed by atoms with Crippen LogP contribution in [-0.2, 0) is 6.42 Å². The standard InChI is InChI=1S/C16H13NO2/c1-2-4-13-12(3-1)9-17-14(13)7-11-5-6-15-16(8-11)19-10-18-15/h1-6,8-9,17H,7,10H2. The molecule has 3 heteroatoms. The van der Waals surface area contributed by atoms with Crippen LogP contribution in [0.3, 0.4) is 0 Å². The van der Waals surface area contributed by atoms with Gasteiger partial charge in [-0.1, -0.05) is 30.3 Å². The van der Waals surface area contributed by atoms with Gasteiger partial charge in [-0.25, -0.2) is 0 Å². The summed E-state index contributed by atoms with van der Waals surface area (Å²) >= 11 is 0. The number of nitrogens with one attached hydrogen (secondary N) is 1. The van der Waals surface area contributed by atoms with Crippen molar-refractivity contribution in [2.45, 2.75) is 6.42 Å². The second kappa shape index (κ2) is 4.05. The van der Waals surface area contributed by atoms with Crippen LogP contribution in [-0.4, -0.2) is 11.8 Å². The summed E-state index contributed by atoms with van der Waals surface area (Å²) in [4.78, 5) is 3.36. The Hall–Kier alpha value is -2.42. The molecule has 0 radical (unpaired) electrons. The summed E-state index contributed by atoms with van der Waals surface area (Å²) in [6.07, 6.45) is 2.92. The van der Waals surface area contributed by atoms with Crippen molar-refractivity contribution >= 4 is 10.8 Å². The van der Waals surface area contributed by atoms with Crippen molar-refractivity contribution in [1.29, 1.82) is 0 Å². The van der Waals surface area contributed by atoms with Crippen LogP contribution < -0.4 is 9.47 Å². The first-order valence-electron chi connectivity index (χ1n) is 6.34. The van der Waals surface area contributed by atoms with Gasteiger partial charge in [-0.2, -0.15) is 0 Å². The lowest BCUT2D eigenvalue weighted by atomic mass is 10.1. The summed E-state index contributed by atoms with van der Waals surface area (Å²) in [6, 6.07) is 14.5. The van der Waals surface area contributed by atoms with Gasteiger partial charge in [0.25, 0.3) is 0 Å². The zero-order chi connectivity index (χ0) is 12.7. The molecule has 1 N–H and O–H groups in total. The van der Waals surface area contributed by atoms with E-state index in [1.807, 2.05) is 6.07 Å². The Morgan fingerprint density at radius 3 is 2.89 bits per heavy atom. The normalized spacial score (nSPS) is 13.1. The predicted molar refractivity (Wildman–Crippen MR) is 73.7 cm³/mol. The third-order valence-electron chi connectivity index (χ3n) is 3.51. The van der Waals surface area contributed by atoms with Gasteiger partial charge in [-0.3, -0.25) is 0 Å². The number of hydrogen-bond acceptors (Lipinski definition) is 2. The molecule has 3 aromatic rings. The van der Waals surface area contributed by atoms with Gasteiger partial charge in [0.2, 0.25) is 6.79 Å². The Balaban J connectivity index is 1.71. The second-order valence-electron chi connectivity index (χ2n) is 4.72. The number of benzene rings is 2. The van der Waals surface area contributed by atoms with Crippen LogP contribution in [0.25, 0.3) is 10.8 Å². The Labute approximate surface area is 110 Å². The number of rotatable bonds is 2. The van der Waals surface area contributed by atoms with Crippen LogP contribution in [0.5, 0.6) is 11.5 Å². The summed E-state index contributed by atoms with van der Waals surface area (Å²) in [6.45, 7) is 0.324. The summed E-state index contributed by atoms with van der Waals surface area (Å²) in [5.74, 6) is 1.67. The largest absolute Gasteiger partial charge is 0.454 e. The van der Waals surface area contributed by atoms with E-state index < -0.39 is 0 Å². The monoisotopic (exact) mass is 251 g/mol. The van der Waals surface area contributed by atoms with Crippen molar-refractivity contribution in [3.63, 3.8) is 0 Å². The minimum Gasteiger partial charge on any atom is -0.454 e. The van der Waals surface area contributed by atoms with Crippen LogP contribution in [0.15, 0.2) is 48.7 Å². The maximum Gasteiger partial charge on any atom is 0.231 e. The van der Waals surface area contributed by atoms with Crippen molar-refractivity contribution < 1.29 is 9.47 Å². The van der Waals surface area contributed by atoms with Gasteiger partial charge in [0.05, 0.1) is 0 Å². The molecule has 4 rings (SSSR count). The summed E-state index contributed by atoms with van der Waals surface area (Å²) in [7, 11) is 0. The molecule has 1 aliphatic heterocycles. The van der Waals surface area contributed by atoms with Crippen molar-refractivity contribution in [1.82, 2.24) is 4.98 Å². The lowest BCUT2D eigenvalue weighted by molar-refractivity contribution is 0.174. The molecule has 2 aromatic carbocycles. The lowest BCUT2D eigenvalue weighted by Crippen LogP contribution is -1.93. The zero-order valence-electron chi connectivity index (χ0n) is 10.3. The molecule has 1 aromatic heterocycles. The van der Waals surface area contributed by atoms with E-state index in [1.54, 1.807) is 0 Å². The number of H-pyrrole nitrogens is 1. The third-order valence-corrected chi connectivity index (χ3v) is 3.51. The number of aromatic amines is 1. The molecular weight excluding hydrogens is 238 g/mol. The number of fused-ring (bicyclic) bond motifs is 2. The van der Waals surface area contributed by atoms with E-state index in [2.05, 4.69) is 47.6 Å². The van der Waals surface area contributed by atoms with Crippen LogP contribution in [0.4, 0.5) is 0 Å². The van der Waals surface area contributed by atoms with E-state index in [0.717, 1.165) is 17.9 Å². The highest BCUT2D eigenvalue weighted by molar-refractivity contribution is 5.85. The van der Waals surface area contributed by atoms with E-state index >= 15 is 0 Å². The van der Waals surface area contributed by atoms with E-state index in [4.69, 9.17) is 9.47 Å². The van der Waals surface area contributed by atoms with Gasteiger partial charge in [-0.05, 0) is 23.1 Å². The highest BCUT2D eigenvalue weighted by Gasteiger charge is 2.13. The van der Waals surface area contributed by atoms with Crippen molar-refractivity contribution in [2.75, 3.05) is 6.79 Å². The second-order valence-corrected chi connectivity index (χ2v) is 4.72. The average molecular weight is 251 g/mol. The first kappa shape index (κ1) is 10.5. The molecule has 0 unspecified atom stereocenters. The highest BCUT2D eigenvalue weighted by Crippen LogP contribution is 2.33. The van der Waals surface area contributed by atoms with Crippen LogP contribution in [0.1, 0.15) is 11.3 Å². The average Bonchev–Trinajstić information content (AvgIpc) is 3.06. The molecule has 0 aliphatic carbocycles. The fraction of sp³-hybridized carbons (Fsp3) is 0.125. The number of hydrogen-bond donors (Lipinski definition) is 1. The molecule has 0 saturated carbocycles. The molecule has 0 amide bonds. The number of aromatic nitrogens is 1. The molecule has 3 nitrogen and oxygen atoms in total. The molecule has 94 valence electrons. The molecule has 2 heterocycles. The van der Waals surface area contributed by atoms with E-state index in [0.29, 0.717) is 6.79 Å². The minimum atomic E-state index is 0.324. The van der Waals surface area contributed by atoms with Gasteiger partial charge in [0.1, 0.15) is 0 Å². The quantitative estimate of drug-likeness (QED) is 0.756. The van der Waals surface area contributed by atoms with Crippen LogP contribution >= 0.6 is 0 Å². The molecule has 1 aliphatic rings. The Morgan fingerprint density at radius 1 is 1.00 bits per heavy atom. The SMILES string of the molecule is c1ccc2c(Cc3ccc4c(c3)OCO4)[nH]cc2c1. The first-order chi connectivity index (χ1) is 9.40. The van der Waals surface area contributed by atoms with E-state index in [-0.39, 0.29) is 0 Å². The number of ether oxygens (including phenoxy) is 2. The van der Waals surface area contributed by atoms with Crippen molar-refractivity contribution in [3.8, 4) is 11.5 Å². The minimum absolute atomic E-state index is 0.324. The van der Waals surface area contributed by atoms with E-state index in [1.165, 1.54) is 22.0 Å². The molecule has 0 saturated heterocycles. The summed E-state index contributed by atoms with van der Waals surface area (Å²) < 4.78 is 10.7. The van der Waals surface area contributed by atoms with Gasteiger partial charge < -0.3 is 14.5 Å². The molecule has 0 atom stereocenters.